The van der Waals surface area contributed by atoms with Crippen LogP contribution in [0, 0.1) is 0 Å². The molecular formula is C2H6BCl4NSi. The van der Waals surface area contributed by atoms with E-state index < -0.39 is 12.4 Å². The van der Waals surface area contributed by atoms with Crippen LogP contribution in [0.1, 0.15) is 0 Å². The van der Waals surface area contributed by atoms with Gasteiger partial charge in [-0.05, 0) is 13.0 Å². The van der Waals surface area contributed by atoms with Crippen molar-refractivity contribution in [2.24, 2.45) is 0 Å². The summed E-state index contributed by atoms with van der Waals surface area (Å²) in [5.41, 5.74) is -0.436. The van der Waals surface area contributed by atoms with Gasteiger partial charge in [0.2, 0.25) is 0 Å². The van der Waals surface area contributed by atoms with Gasteiger partial charge in [-0.1, -0.05) is 0 Å². The number of nitrogens with one attached hydrogen (secondary N) is 1. The van der Waals surface area contributed by atoms with Crippen LogP contribution in [-0.4, -0.2) is 18.8 Å². The van der Waals surface area contributed by atoms with E-state index in [4.69, 9.17) is 45.1 Å². The van der Waals surface area contributed by atoms with E-state index in [2.05, 4.69) is 4.98 Å². The van der Waals surface area contributed by atoms with Gasteiger partial charge in [0.1, 0.15) is 0 Å². The minimum absolute atomic E-state index is 0.436. The number of rotatable bonds is 3. The Balaban J connectivity index is 3.28. The quantitative estimate of drug-likeness (QED) is 0.572. The monoisotopic (exact) mass is 223 g/mol. The van der Waals surface area contributed by atoms with E-state index in [1.165, 1.54) is 0 Å². The lowest BCUT2D eigenvalue weighted by molar-refractivity contribution is 1.15. The molecule has 0 spiro atoms. The highest BCUT2D eigenvalue weighted by atomic mass is 35.7. The topological polar surface area (TPSA) is 12.0 Å². The first kappa shape index (κ1) is 10.4. The molecule has 0 radical (unpaired) electrons. The molecule has 0 heterocycles. The maximum absolute atomic E-state index is 5.65. The van der Waals surface area contributed by atoms with Gasteiger partial charge >= 0.3 is 12.4 Å². The van der Waals surface area contributed by atoms with Crippen molar-refractivity contribution in [3.63, 3.8) is 0 Å². The predicted octanol–water partition coefficient (Wildman–Crippen LogP) is 2.13. The molecule has 0 aromatic heterocycles. The van der Waals surface area contributed by atoms with E-state index in [1.807, 2.05) is 0 Å². The molecule has 0 aliphatic carbocycles. The van der Waals surface area contributed by atoms with Crippen molar-refractivity contribution in [2.75, 3.05) is 6.44 Å². The van der Waals surface area contributed by atoms with Crippen LogP contribution in [0.5, 0.6) is 0 Å². The second kappa shape index (κ2) is 4.32. The SMILES string of the molecule is C[Si](Cl)(Cl)NCB(Cl)Cl. The molecule has 0 aromatic rings. The second-order valence-electron chi connectivity index (χ2n) is 1.66. The number of halogens is 4. The fraction of sp³-hybridized carbons (Fsp3) is 1.00. The molecule has 0 unspecified atom stereocenters. The normalized spacial score (nSPS) is 11.7. The second-order valence-corrected chi connectivity index (χ2v) is 10.2. The maximum atomic E-state index is 5.65. The van der Waals surface area contributed by atoms with Crippen LogP contribution < -0.4 is 4.98 Å². The van der Waals surface area contributed by atoms with Gasteiger partial charge in [0, 0.05) is 0 Å². The maximum Gasteiger partial charge on any atom is 0.364 e. The van der Waals surface area contributed by atoms with Crippen LogP contribution in [0.25, 0.3) is 0 Å². The summed E-state index contributed by atoms with van der Waals surface area (Å²) in [6.45, 7) is -0.452. The van der Waals surface area contributed by atoms with Crippen molar-refractivity contribution >= 4 is 57.5 Å². The van der Waals surface area contributed by atoms with Gasteiger partial charge in [0.05, 0.1) is 0 Å². The Labute approximate surface area is 75.4 Å². The van der Waals surface area contributed by atoms with Crippen LogP contribution >= 0.6 is 45.1 Å². The Morgan fingerprint density at radius 1 is 1.44 bits per heavy atom. The van der Waals surface area contributed by atoms with Gasteiger partial charge in [0.25, 0.3) is 0 Å². The molecule has 0 fully saturated rings. The molecule has 0 saturated carbocycles. The molecule has 0 bridgehead atoms. The minimum Gasteiger partial charge on any atom is -0.318 e. The molecule has 1 N–H and O–H groups in total. The summed E-state index contributed by atoms with van der Waals surface area (Å²) in [4.78, 5) is 2.83. The Hall–Kier alpha value is 1.40. The lowest BCUT2D eigenvalue weighted by Crippen LogP contribution is -2.40. The Morgan fingerprint density at radius 2 is 1.89 bits per heavy atom. The van der Waals surface area contributed by atoms with Gasteiger partial charge in [-0.2, -0.15) is 22.9 Å². The molecule has 0 rings (SSSR count). The van der Waals surface area contributed by atoms with E-state index >= 15 is 0 Å². The Bertz CT molecular complexity index is 83.1. The largest absolute Gasteiger partial charge is 0.364 e. The summed E-state index contributed by atoms with van der Waals surface area (Å²) in [5, 5.41) is 0. The zero-order valence-electron chi connectivity index (χ0n) is 4.80. The van der Waals surface area contributed by atoms with Crippen LogP contribution in [0.3, 0.4) is 0 Å². The molecule has 0 atom stereocenters. The molecule has 1 nitrogen and oxygen atoms in total. The average Bonchev–Trinajstić information content (AvgIpc) is 1.59. The van der Waals surface area contributed by atoms with Gasteiger partial charge in [-0.25, -0.2) is 0 Å². The first-order chi connectivity index (χ1) is 3.92. The molecule has 0 aliphatic rings. The number of hydrogen-bond acceptors (Lipinski definition) is 1. The van der Waals surface area contributed by atoms with Gasteiger partial charge in [-0.3, -0.25) is 0 Å². The van der Waals surface area contributed by atoms with Gasteiger partial charge < -0.3 is 4.98 Å². The molecule has 9 heavy (non-hydrogen) atoms. The molecule has 54 valence electrons. The van der Waals surface area contributed by atoms with Crippen molar-refractivity contribution in [1.82, 2.24) is 4.98 Å². The van der Waals surface area contributed by atoms with Crippen molar-refractivity contribution < 1.29 is 0 Å². The van der Waals surface area contributed by atoms with Crippen LogP contribution in [0.15, 0.2) is 0 Å². The minimum atomic E-state index is -2.19. The summed E-state index contributed by atoms with van der Waals surface area (Å²) >= 11 is 22.1. The van der Waals surface area contributed by atoms with Gasteiger partial charge in [0.15, 0.2) is 0 Å². The van der Waals surface area contributed by atoms with E-state index in [9.17, 15) is 0 Å². The molecular weight excluding hydrogens is 219 g/mol. The first-order valence-electron chi connectivity index (χ1n) is 2.33. The molecule has 0 aliphatic heterocycles. The lowest BCUT2D eigenvalue weighted by Gasteiger charge is -2.10. The molecule has 0 saturated heterocycles. The van der Waals surface area contributed by atoms with E-state index in [-0.39, 0.29) is 0 Å². The van der Waals surface area contributed by atoms with E-state index in [0.717, 1.165) is 0 Å². The molecule has 0 amide bonds. The van der Waals surface area contributed by atoms with Crippen molar-refractivity contribution in [3.05, 3.63) is 0 Å². The van der Waals surface area contributed by atoms with Gasteiger partial charge in [-0.15, -0.1) is 22.2 Å². The highest BCUT2D eigenvalue weighted by molar-refractivity contribution is 7.44. The fourth-order valence-corrected chi connectivity index (χ4v) is 1.69. The van der Waals surface area contributed by atoms with Crippen LogP contribution in [0.4, 0.5) is 0 Å². The third kappa shape index (κ3) is 9.40. The lowest BCUT2D eigenvalue weighted by atomic mass is 10.1. The van der Waals surface area contributed by atoms with E-state index in [0.29, 0.717) is 6.44 Å². The standard InChI is InChI=1S/C2H6BCl4NSi/c1-9(6,7)8-2-3(4)5/h8H,2H2,1H3. The third-order valence-corrected chi connectivity index (χ3v) is 2.50. The summed E-state index contributed by atoms with van der Waals surface area (Å²) in [6, 6.07) is 0. The average molecular weight is 225 g/mol. The highest BCUT2D eigenvalue weighted by Crippen LogP contribution is 2.09. The van der Waals surface area contributed by atoms with E-state index in [1.54, 1.807) is 6.55 Å². The summed E-state index contributed by atoms with van der Waals surface area (Å²) in [7, 11) is 0. The number of hydrogen-bond donors (Lipinski definition) is 1. The Kier molecular flexibility index (Phi) is 4.99. The fourth-order valence-electron chi connectivity index (χ4n) is 0.256. The summed E-state index contributed by atoms with van der Waals surface area (Å²) in [5.74, 6) is 0. The predicted molar refractivity (Wildman–Crippen MR) is 48.8 cm³/mol. The smallest absolute Gasteiger partial charge is 0.318 e. The highest BCUT2D eigenvalue weighted by Gasteiger charge is 2.21. The van der Waals surface area contributed by atoms with Crippen molar-refractivity contribution in [3.8, 4) is 0 Å². The van der Waals surface area contributed by atoms with Crippen molar-refractivity contribution in [1.29, 1.82) is 0 Å². The Morgan fingerprint density at radius 3 is 2.00 bits per heavy atom. The third-order valence-electron chi connectivity index (χ3n) is 0.567. The van der Waals surface area contributed by atoms with Crippen LogP contribution in [0.2, 0.25) is 6.55 Å². The molecule has 0 aromatic carbocycles. The van der Waals surface area contributed by atoms with Crippen LogP contribution in [-0.2, 0) is 0 Å². The molecule has 7 heteroatoms. The zero-order chi connectivity index (χ0) is 7.49. The summed E-state index contributed by atoms with van der Waals surface area (Å²) in [6.07, 6.45) is 0.443. The zero-order valence-corrected chi connectivity index (χ0v) is 8.82. The summed E-state index contributed by atoms with van der Waals surface area (Å²) < 4.78 is 0. The first-order valence-corrected chi connectivity index (χ1v) is 7.72. The van der Waals surface area contributed by atoms with Crippen molar-refractivity contribution in [2.45, 2.75) is 6.55 Å².